The van der Waals surface area contributed by atoms with Crippen LogP contribution in [0.1, 0.15) is 26.7 Å². The van der Waals surface area contributed by atoms with Gasteiger partial charge in [-0.2, -0.15) is 0 Å². The van der Waals surface area contributed by atoms with Crippen molar-refractivity contribution in [3.05, 3.63) is 81.9 Å². The van der Waals surface area contributed by atoms with Crippen molar-refractivity contribution in [3.8, 4) is 11.4 Å². The first-order valence-corrected chi connectivity index (χ1v) is 9.53. The molecule has 32 heavy (non-hydrogen) atoms. The van der Waals surface area contributed by atoms with Gasteiger partial charge in [0.15, 0.2) is 17.1 Å². The summed E-state index contributed by atoms with van der Waals surface area (Å²) in [5.74, 6) is -1.10. The van der Waals surface area contributed by atoms with Gasteiger partial charge in [0.25, 0.3) is 5.91 Å². The summed E-state index contributed by atoms with van der Waals surface area (Å²) in [6.07, 6.45) is 0. The van der Waals surface area contributed by atoms with E-state index < -0.39 is 29.7 Å². The minimum absolute atomic E-state index is 0.0337. The van der Waals surface area contributed by atoms with Crippen LogP contribution in [0.4, 0.5) is 4.39 Å². The Morgan fingerprint density at radius 2 is 1.84 bits per heavy atom. The zero-order chi connectivity index (χ0) is 23.0. The number of rotatable bonds is 6. The third-order valence-electron chi connectivity index (χ3n) is 4.89. The molecule has 0 aliphatic heterocycles. The van der Waals surface area contributed by atoms with E-state index in [0.29, 0.717) is 11.4 Å². The molecule has 2 aromatic carbocycles. The van der Waals surface area contributed by atoms with E-state index in [0.717, 1.165) is 16.7 Å². The Balaban J connectivity index is 1.98. The average Bonchev–Trinajstić information content (AvgIpc) is 3.04. The highest BCUT2D eigenvalue weighted by molar-refractivity contribution is 6.03. The van der Waals surface area contributed by atoms with Crippen LogP contribution >= 0.6 is 0 Å². The maximum atomic E-state index is 13.4. The highest BCUT2D eigenvalue weighted by atomic mass is 19.1. The van der Waals surface area contributed by atoms with Gasteiger partial charge in [-0.1, -0.05) is 6.07 Å². The molecule has 2 heterocycles. The van der Waals surface area contributed by atoms with Gasteiger partial charge in [0, 0.05) is 11.6 Å². The molecule has 9 nitrogen and oxygen atoms in total. The molecule has 10 heteroatoms. The van der Waals surface area contributed by atoms with Gasteiger partial charge in [0.1, 0.15) is 22.9 Å². The van der Waals surface area contributed by atoms with Gasteiger partial charge >= 0.3 is 5.69 Å². The molecule has 4 rings (SSSR count). The number of aryl methyl sites for hydroxylation is 1. The highest BCUT2D eigenvalue weighted by Crippen LogP contribution is 2.22. The average molecular weight is 435 g/mol. The number of aromatic nitrogens is 4. The van der Waals surface area contributed by atoms with Gasteiger partial charge in [-0.25, -0.2) is 23.7 Å². The summed E-state index contributed by atoms with van der Waals surface area (Å²) >= 11 is 0. The molecular formula is C22H18FN5O4. The first kappa shape index (κ1) is 20.9. The Morgan fingerprint density at radius 1 is 1.12 bits per heavy atom. The second kappa shape index (κ2) is 8.06. The molecule has 0 saturated heterocycles. The summed E-state index contributed by atoms with van der Waals surface area (Å²) in [5, 5.41) is 0. The monoisotopic (exact) mass is 435 g/mol. The molecule has 0 unspecified atom stereocenters. The van der Waals surface area contributed by atoms with Crippen molar-refractivity contribution in [2.75, 3.05) is 7.11 Å². The molecule has 1 amide bonds. The second-order valence-electron chi connectivity index (χ2n) is 6.99. The van der Waals surface area contributed by atoms with Crippen LogP contribution in [0.15, 0.2) is 53.3 Å². The molecule has 0 atom stereocenters. The fourth-order valence-corrected chi connectivity index (χ4v) is 3.43. The summed E-state index contributed by atoms with van der Waals surface area (Å²) in [5.41, 5.74) is 5.49. The Morgan fingerprint density at radius 3 is 2.50 bits per heavy atom. The molecule has 0 radical (unpaired) electrons. The first-order chi connectivity index (χ1) is 15.3. The molecule has 0 aliphatic rings. The SMILES string of the molecule is COc1cccc(-n2c(=O)n(CC(=O)c3ccc(F)cc3)c3c(C(N)=O)nc(C)nc32)c1. The molecule has 2 N–H and O–H groups in total. The van der Waals surface area contributed by atoms with Crippen LogP contribution in [0.25, 0.3) is 16.9 Å². The van der Waals surface area contributed by atoms with Crippen LogP contribution < -0.4 is 16.2 Å². The summed E-state index contributed by atoms with van der Waals surface area (Å²) in [4.78, 5) is 46.9. The maximum Gasteiger partial charge on any atom is 0.335 e. The number of ether oxygens (including phenoxy) is 1. The van der Waals surface area contributed by atoms with Crippen molar-refractivity contribution >= 4 is 22.9 Å². The van der Waals surface area contributed by atoms with Gasteiger partial charge < -0.3 is 10.5 Å². The predicted octanol–water partition coefficient (Wildman–Crippen LogP) is 2.02. The lowest BCUT2D eigenvalue weighted by molar-refractivity contribution is 0.0966. The van der Waals surface area contributed by atoms with E-state index >= 15 is 0 Å². The van der Waals surface area contributed by atoms with Gasteiger partial charge in [0.2, 0.25) is 0 Å². The number of carbonyl (C=O) groups is 2. The quantitative estimate of drug-likeness (QED) is 0.463. The van der Waals surface area contributed by atoms with E-state index in [2.05, 4.69) is 9.97 Å². The smallest absolute Gasteiger partial charge is 0.335 e. The zero-order valence-electron chi connectivity index (χ0n) is 17.2. The minimum Gasteiger partial charge on any atom is -0.497 e. The Bertz CT molecular complexity index is 1420. The number of methoxy groups -OCH3 is 1. The number of hydrogen-bond acceptors (Lipinski definition) is 6. The van der Waals surface area contributed by atoms with Gasteiger partial charge in [0.05, 0.1) is 19.3 Å². The van der Waals surface area contributed by atoms with Crippen LogP contribution in [0.5, 0.6) is 5.75 Å². The van der Waals surface area contributed by atoms with E-state index in [9.17, 15) is 18.8 Å². The lowest BCUT2D eigenvalue weighted by Crippen LogP contribution is -2.27. The number of primary amides is 1. The van der Waals surface area contributed by atoms with Crippen molar-refractivity contribution in [2.24, 2.45) is 5.73 Å². The molecule has 0 saturated carbocycles. The summed E-state index contributed by atoms with van der Waals surface area (Å²) in [6, 6.07) is 11.6. The van der Waals surface area contributed by atoms with E-state index in [1.165, 1.54) is 23.8 Å². The Hall–Kier alpha value is -4.34. The Kier molecular flexibility index (Phi) is 5.27. The zero-order valence-corrected chi connectivity index (χ0v) is 17.2. The molecule has 2 aromatic heterocycles. The van der Waals surface area contributed by atoms with Crippen molar-refractivity contribution in [1.29, 1.82) is 0 Å². The van der Waals surface area contributed by atoms with Crippen LogP contribution in [-0.4, -0.2) is 37.9 Å². The summed E-state index contributed by atoms with van der Waals surface area (Å²) in [7, 11) is 1.49. The lowest BCUT2D eigenvalue weighted by atomic mass is 10.1. The van der Waals surface area contributed by atoms with Crippen LogP contribution in [-0.2, 0) is 6.54 Å². The number of nitrogens with two attached hydrogens (primary N) is 1. The van der Waals surface area contributed by atoms with Crippen molar-refractivity contribution in [3.63, 3.8) is 0 Å². The van der Waals surface area contributed by atoms with Crippen molar-refractivity contribution < 1.29 is 18.7 Å². The second-order valence-corrected chi connectivity index (χ2v) is 6.99. The van der Waals surface area contributed by atoms with Gasteiger partial charge in [-0.15, -0.1) is 0 Å². The fraction of sp³-hybridized carbons (Fsp3) is 0.136. The van der Waals surface area contributed by atoms with Crippen molar-refractivity contribution in [2.45, 2.75) is 13.5 Å². The molecular weight excluding hydrogens is 417 g/mol. The molecule has 0 bridgehead atoms. The molecule has 0 fully saturated rings. The number of fused-ring (bicyclic) bond motifs is 1. The highest BCUT2D eigenvalue weighted by Gasteiger charge is 2.25. The van der Waals surface area contributed by atoms with Crippen molar-refractivity contribution in [1.82, 2.24) is 19.1 Å². The van der Waals surface area contributed by atoms with E-state index in [-0.39, 0.29) is 28.2 Å². The molecule has 4 aromatic rings. The molecule has 0 spiro atoms. The minimum atomic E-state index is -0.869. The fourth-order valence-electron chi connectivity index (χ4n) is 3.43. The first-order valence-electron chi connectivity index (χ1n) is 9.53. The topological polar surface area (TPSA) is 122 Å². The number of carbonyl (C=O) groups excluding carboxylic acids is 2. The van der Waals surface area contributed by atoms with E-state index in [4.69, 9.17) is 10.5 Å². The molecule has 162 valence electrons. The van der Waals surface area contributed by atoms with Crippen LogP contribution in [0, 0.1) is 12.7 Å². The third-order valence-corrected chi connectivity index (χ3v) is 4.89. The summed E-state index contributed by atoms with van der Waals surface area (Å²) in [6.45, 7) is 1.14. The van der Waals surface area contributed by atoms with E-state index in [1.54, 1.807) is 31.2 Å². The molecule has 0 aliphatic carbocycles. The third kappa shape index (κ3) is 3.62. The number of ketones is 1. The largest absolute Gasteiger partial charge is 0.497 e. The maximum absolute atomic E-state index is 13.4. The number of nitrogens with zero attached hydrogens (tertiary/aromatic N) is 4. The summed E-state index contributed by atoms with van der Waals surface area (Å²) < 4.78 is 20.8. The van der Waals surface area contributed by atoms with Gasteiger partial charge in [-0.05, 0) is 43.3 Å². The number of Topliss-reactive ketones (excluding diaryl/α,β-unsaturated/α-hetero) is 1. The lowest BCUT2D eigenvalue weighted by Gasteiger charge is -2.06. The van der Waals surface area contributed by atoms with E-state index in [1.807, 2.05) is 0 Å². The van der Waals surface area contributed by atoms with Crippen LogP contribution in [0.2, 0.25) is 0 Å². The normalized spacial score (nSPS) is 11.0. The number of amides is 1. The number of halogens is 1. The number of benzene rings is 2. The Labute approximate surface area is 180 Å². The number of imidazole rings is 1. The predicted molar refractivity (Wildman–Crippen MR) is 114 cm³/mol. The van der Waals surface area contributed by atoms with Crippen LogP contribution in [0.3, 0.4) is 0 Å². The standard InChI is InChI=1S/C22H18FN5O4/c1-12-25-18(20(24)30)19-21(26-12)28(15-4-3-5-16(10-15)32-2)22(31)27(19)11-17(29)13-6-8-14(23)9-7-13/h3-10H,11H2,1-2H3,(H2,24,30). The number of hydrogen-bond donors (Lipinski definition) is 1. The van der Waals surface area contributed by atoms with Gasteiger partial charge in [-0.3, -0.25) is 14.2 Å².